The SMILES string of the molecule is C#CC1C2COCC12.C=CC(=O)Cc1cc2c(Nc3ccc(Cl)c(Cl)c3F)ncnc2cc1C#CC1C2COCC12.C=CC(=O)O.Cc1cc2ncnc(Nc3ccc(Cl)c(Cl)n3)c2cc1[N+](=O)[O-].Nc1cc2c(Nc3ccc(Cl)c(Cl)c3F)ncnc2cc1C#CC1C2COCC12.O=[N+]([O-])c1cc2c(Nc3ccc(Cl)c(Cl)c3F)ncnc2cc1C#CC1C2COCC12. The molecule has 27 nitrogen and oxygen atoms in total. The molecule has 4 saturated carbocycles. The van der Waals surface area contributed by atoms with E-state index >= 15 is 0 Å². The van der Waals surface area contributed by atoms with Crippen molar-refractivity contribution in [1.82, 2.24) is 44.9 Å². The molecular formula is C91H67Cl8F3N16O11. The highest BCUT2D eigenvalue weighted by molar-refractivity contribution is 6.43. The Bertz CT molecular complexity index is 6810. The van der Waals surface area contributed by atoms with Gasteiger partial charge in [0.15, 0.2) is 23.2 Å². The van der Waals surface area contributed by atoms with Crippen molar-refractivity contribution in [3.05, 3.63) is 253 Å². The molecule has 0 radical (unpaired) electrons. The Labute approximate surface area is 773 Å². The zero-order valence-electron chi connectivity index (χ0n) is 67.2. The molecular weight excluding hydrogens is 1830 g/mol. The number of hydrogen-bond acceptors (Lipinski definition) is 24. The van der Waals surface area contributed by atoms with Crippen molar-refractivity contribution in [3.8, 4) is 47.9 Å². The quantitative estimate of drug-likeness (QED) is 0.0112. The first kappa shape index (κ1) is 91.4. The Hall–Kier alpha value is -12.3. The number of ether oxygens (including phenoxy) is 4. The Balaban J connectivity index is 0.000000126. The number of ketones is 1. The highest BCUT2D eigenvalue weighted by atomic mass is 35.5. The van der Waals surface area contributed by atoms with Crippen LogP contribution < -0.4 is 27.0 Å². The smallest absolute Gasteiger partial charge is 0.327 e. The lowest BCUT2D eigenvalue weighted by Gasteiger charge is -2.12. The number of pyridine rings is 1. The van der Waals surface area contributed by atoms with Gasteiger partial charge >= 0.3 is 5.97 Å². The lowest BCUT2D eigenvalue weighted by atomic mass is 9.99. The van der Waals surface area contributed by atoms with Crippen molar-refractivity contribution >= 4 is 211 Å². The number of allylic oxidation sites excluding steroid dienone is 1. The highest BCUT2D eigenvalue weighted by Gasteiger charge is 2.55. The molecule has 7 aromatic carbocycles. The number of terminal acetylenes is 1. The van der Waals surface area contributed by atoms with Gasteiger partial charge in [0.25, 0.3) is 11.4 Å². The number of nitro benzene ring substituents is 2. The van der Waals surface area contributed by atoms with Crippen molar-refractivity contribution in [2.75, 3.05) is 79.9 Å². The molecule has 8 fully saturated rings. The first-order chi connectivity index (χ1) is 62.1. The summed E-state index contributed by atoms with van der Waals surface area (Å²) in [4.78, 5) is 81.1. The lowest BCUT2D eigenvalue weighted by molar-refractivity contribution is -0.385. The number of carboxylic acids is 1. The summed E-state index contributed by atoms with van der Waals surface area (Å²) < 4.78 is 64.7. The number of anilines is 9. The first-order valence-electron chi connectivity index (χ1n) is 39.4. The van der Waals surface area contributed by atoms with E-state index in [1.54, 1.807) is 37.3 Å². The molecule has 8 atom stereocenters. The summed E-state index contributed by atoms with van der Waals surface area (Å²) in [6, 6.07) is 25.2. The van der Waals surface area contributed by atoms with E-state index in [2.05, 4.69) is 121 Å². The van der Waals surface area contributed by atoms with E-state index in [0.717, 1.165) is 68.7 Å². The minimum atomic E-state index is -0.981. The predicted molar refractivity (Wildman–Crippen MR) is 489 cm³/mol. The highest BCUT2D eigenvalue weighted by Crippen LogP contribution is 2.53. The van der Waals surface area contributed by atoms with Crippen molar-refractivity contribution < 1.29 is 56.7 Å². The van der Waals surface area contributed by atoms with Crippen molar-refractivity contribution in [1.29, 1.82) is 0 Å². The van der Waals surface area contributed by atoms with Gasteiger partial charge in [0.05, 0.1) is 137 Å². The van der Waals surface area contributed by atoms with Gasteiger partial charge in [0.2, 0.25) is 0 Å². The Morgan fingerprint density at radius 1 is 0.488 bits per heavy atom. The minimum Gasteiger partial charge on any atom is -0.478 e. The van der Waals surface area contributed by atoms with Crippen LogP contribution in [0.5, 0.6) is 0 Å². The number of carbonyl (C=O) groups is 2. The molecule has 4 aliphatic carbocycles. The van der Waals surface area contributed by atoms with E-state index in [4.69, 9.17) is 129 Å². The molecule has 4 aliphatic heterocycles. The molecule has 4 saturated heterocycles. The normalized spacial score (nSPS) is 20.6. The van der Waals surface area contributed by atoms with Gasteiger partial charge in [-0.15, -0.1) is 12.3 Å². The Morgan fingerprint density at radius 3 is 1.22 bits per heavy atom. The summed E-state index contributed by atoms with van der Waals surface area (Å²) in [5, 5.41) is 44.5. The summed E-state index contributed by atoms with van der Waals surface area (Å²) in [5.41, 5.74) is 12.1. The largest absolute Gasteiger partial charge is 0.478 e. The molecule has 38 heteroatoms. The van der Waals surface area contributed by atoms with Crippen LogP contribution in [0.3, 0.4) is 0 Å². The fraction of sp³-hybridized carbons (Fsp3) is 0.242. The van der Waals surface area contributed by atoms with Crippen molar-refractivity contribution in [2.24, 2.45) is 71.0 Å². The van der Waals surface area contributed by atoms with E-state index in [1.165, 1.54) is 79.9 Å². The van der Waals surface area contributed by atoms with Gasteiger partial charge in [-0.1, -0.05) is 141 Å². The Morgan fingerprint density at radius 2 is 0.837 bits per heavy atom. The number of aliphatic carboxylic acids is 1. The fourth-order valence-corrected chi connectivity index (χ4v) is 16.4. The molecule has 7 N–H and O–H groups in total. The van der Waals surface area contributed by atoms with Crippen molar-refractivity contribution in [2.45, 2.75) is 13.3 Å². The standard InChI is InChI=1S/C25H18Cl2FN3O2.C21H13Cl2FN4O3.C21H15Cl2FN4O.C14H9Cl2N5O2.C7H8O.C3H4O2/c1-2-15(32)7-14-8-17-22(9-13(14)3-4-16-18-10-33-11-19(16)18)29-12-30-25(17)31-21-6-5-20(26)23(27)24(21)28;22-15-3-4-16(20(24)19(15)23)27-21-12-6-18(28(29)30)10(5-17(12)25-9-26-21)1-2-11-13-7-31-8-14(11)13;22-15-3-4-17(20(24)19(15)23)28-21-12-6-16(25)10(5-18(12)26-9-27-21)1-2-11-13-7-29-8-14(11)13;1-7-4-10-8(5-11(7)21(22)23)14(18-6-17-10)20-12-3-2-9(15)13(16)19-12;1-2-5-6-3-8-4-7(5)6;1-2-3(4)5/h2,5-6,8-9,12,16,18-19H,1,7,10-11H2,(H,29,30,31);3-6,9,11,13-14H,7-8H2,(H,25,26,27);3-6,9,11,13-14H,7-8,25H2,(H,26,27,28);2-6H,1H3,(H,17,18,19,20);1,5-7H,3-4H2;2H,1H2,(H,4,5). The van der Waals surface area contributed by atoms with Crippen LogP contribution in [0, 0.1) is 163 Å². The first-order valence-corrected chi connectivity index (χ1v) is 42.4. The minimum absolute atomic E-state index is 0.00236. The Kier molecular flexibility index (Phi) is 28.1. The van der Waals surface area contributed by atoms with E-state index in [9.17, 15) is 43.0 Å². The molecule has 12 aromatic rings. The third kappa shape index (κ3) is 20.7. The number of nitro groups is 2. The fourth-order valence-electron chi connectivity index (χ4n) is 15.2. The van der Waals surface area contributed by atoms with Crippen LogP contribution in [0.4, 0.5) is 76.4 Å². The molecule has 0 bridgehead atoms. The number of nitrogens with one attached hydrogen (secondary N) is 4. The van der Waals surface area contributed by atoms with Crippen LogP contribution in [0.1, 0.15) is 27.8 Å². The second kappa shape index (κ2) is 39.7. The second-order valence-electron chi connectivity index (χ2n) is 30.5. The van der Waals surface area contributed by atoms with Crippen molar-refractivity contribution in [3.63, 3.8) is 0 Å². The molecule has 129 heavy (non-hydrogen) atoms. The molecule has 20 rings (SSSR count). The summed E-state index contributed by atoms with van der Waals surface area (Å²) in [5.74, 6) is 26.5. The number of nitrogens with two attached hydrogens (primary N) is 1. The molecule has 0 amide bonds. The van der Waals surface area contributed by atoms with Gasteiger partial charge in [-0.2, -0.15) is 0 Å². The van der Waals surface area contributed by atoms with Gasteiger partial charge in [0, 0.05) is 140 Å². The van der Waals surface area contributed by atoms with E-state index in [1.807, 2.05) is 18.2 Å². The molecule has 0 spiro atoms. The number of aromatic nitrogens is 9. The van der Waals surface area contributed by atoms with Gasteiger partial charge in [-0.25, -0.2) is 62.8 Å². The third-order valence-corrected chi connectivity index (χ3v) is 25.6. The molecule has 654 valence electrons. The number of carbonyl (C=O) groups excluding carboxylic acids is 1. The number of carboxylic acid groups (broad SMARTS) is 1. The molecule has 8 unspecified atom stereocenters. The van der Waals surface area contributed by atoms with Crippen LogP contribution >= 0.6 is 92.8 Å². The summed E-state index contributed by atoms with van der Waals surface area (Å²) in [6.07, 6.45) is 12.9. The monoisotopic (exact) mass is 1900 g/mol. The van der Waals surface area contributed by atoms with E-state index < -0.39 is 33.3 Å². The topological polar surface area (TPSA) is 368 Å². The molecule has 5 aromatic heterocycles. The molecule has 8 aliphatic rings. The number of nitrogens with zero attached hydrogens (tertiary/aromatic N) is 11. The van der Waals surface area contributed by atoms with Gasteiger partial charge < -0.3 is 51.1 Å². The zero-order chi connectivity index (χ0) is 91.3. The maximum atomic E-state index is 14.6. The second-order valence-corrected chi connectivity index (χ2v) is 33.6. The van der Waals surface area contributed by atoms with Gasteiger partial charge in [-0.3, -0.25) is 25.0 Å². The number of rotatable bonds is 14. The van der Waals surface area contributed by atoms with E-state index in [-0.39, 0.29) is 93.2 Å². The van der Waals surface area contributed by atoms with E-state index in [0.29, 0.717) is 155 Å². The van der Waals surface area contributed by atoms with Crippen LogP contribution in [-0.2, 0) is 35.0 Å². The number of hydrogen-bond donors (Lipinski definition) is 6. The number of benzene rings is 7. The number of aryl methyl sites for hydroxylation is 1. The maximum Gasteiger partial charge on any atom is 0.327 e. The number of halogens is 11. The van der Waals surface area contributed by atoms with Crippen LogP contribution in [0.15, 0.2) is 148 Å². The lowest BCUT2D eigenvalue weighted by Crippen LogP contribution is -2.03. The summed E-state index contributed by atoms with van der Waals surface area (Å²) >= 11 is 47.0. The van der Waals surface area contributed by atoms with Gasteiger partial charge in [-0.05, 0) is 103 Å². The third-order valence-electron chi connectivity index (χ3n) is 22.6. The summed E-state index contributed by atoms with van der Waals surface area (Å²) in [6.45, 7) is 14.5. The summed E-state index contributed by atoms with van der Waals surface area (Å²) in [7, 11) is 0. The average Bonchev–Trinajstić information content (AvgIpc) is 1.60. The van der Waals surface area contributed by atoms with Crippen LogP contribution in [0.25, 0.3) is 43.6 Å². The average molecular weight is 1900 g/mol. The van der Waals surface area contributed by atoms with Crippen LogP contribution in [-0.4, -0.2) is 124 Å². The van der Waals surface area contributed by atoms with Gasteiger partial charge in [0.1, 0.15) is 65.1 Å². The zero-order valence-corrected chi connectivity index (χ0v) is 73.2. The molecule has 9 heterocycles. The number of fused-ring (bicyclic) bond motifs is 8. The maximum absolute atomic E-state index is 14.6. The predicted octanol–water partition coefficient (Wildman–Crippen LogP) is 20.0. The van der Waals surface area contributed by atoms with Crippen LogP contribution in [0.2, 0.25) is 40.3 Å². The number of nitrogen functional groups attached to an aromatic ring is 1.